The largest absolute Gasteiger partial charge is 0.350 e. The Hall–Kier alpha value is -2.34. The Morgan fingerprint density at radius 3 is 2.58 bits per heavy atom. The summed E-state index contributed by atoms with van der Waals surface area (Å²) < 4.78 is 1.67. The molecule has 0 saturated carbocycles. The number of halogens is 1. The van der Waals surface area contributed by atoms with Crippen LogP contribution in [0.2, 0.25) is 5.02 Å². The molecule has 1 aromatic heterocycles. The van der Waals surface area contributed by atoms with Gasteiger partial charge in [0.1, 0.15) is 0 Å². The molecule has 0 unspecified atom stereocenters. The molecule has 26 heavy (non-hydrogen) atoms. The molecule has 2 rings (SSSR count). The van der Waals surface area contributed by atoms with Crippen LogP contribution in [0.3, 0.4) is 0 Å². The highest BCUT2D eigenvalue weighted by Crippen LogP contribution is 2.19. The second kappa shape index (κ2) is 7.91. The molecule has 0 aliphatic rings. The van der Waals surface area contributed by atoms with Gasteiger partial charge < -0.3 is 10.2 Å². The third kappa shape index (κ3) is 4.85. The second-order valence-electron chi connectivity index (χ2n) is 7.15. The highest BCUT2D eigenvalue weighted by Gasteiger charge is 2.23. The van der Waals surface area contributed by atoms with E-state index in [1.807, 2.05) is 46.8 Å². The number of amides is 2. The standard InChI is InChI=1S/C19H25ClN4O2/c1-6-23(12-17(25)22-19(3,4)5)18(26)16-11-21-24(13(16)2)15-9-7-8-14(20)10-15/h7-11H,6,12H2,1-5H3,(H,22,25). The minimum absolute atomic E-state index is 0.00832. The molecule has 6 nitrogen and oxygen atoms in total. The summed E-state index contributed by atoms with van der Waals surface area (Å²) in [4.78, 5) is 26.6. The van der Waals surface area contributed by atoms with Crippen LogP contribution in [-0.2, 0) is 4.79 Å². The van der Waals surface area contributed by atoms with Gasteiger partial charge in [0.15, 0.2) is 0 Å². The van der Waals surface area contributed by atoms with E-state index in [0.29, 0.717) is 22.8 Å². The molecule has 1 N–H and O–H groups in total. The van der Waals surface area contributed by atoms with Crippen LogP contribution in [-0.4, -0.2) is 45.1 Å². The van der Waals surface area contributed by atoms with Crippen molar-refractivity contribution in [3.8, 4) is 5.69 Å². The summed E-state index contributed by atoms with van der Waals surface area (Å²) in [5, 5.41) is 7.78. The molecule has 0 fully saturated rings. The topological polar surface area (TPSA) is 67.2 Å². The van der Waals surface area contributed by atoms with E-state index in [9.17, 15) is 9.59 Å². The molecule has 0 saturated heterocycles. The lowest BCUT2D eigenvalue weighted by Gasteiger charge is -2.25. The maximum absolute atomic E-state index is 12.9. The molecule has 0 aliphatic heterocycles. The van der Waals surface area contributed by atoms with Crippen LogP contribution in [0.5, 0.6) is 0 Å². The molecule has 0 radical (unpaired) electrons. The summed E-state index contributed by atoms with van der Waals surface area (Å²) in [5.41, 5.74) is 1.61. The predicted molar refractivity (Wildman–Crippen MR) is 103 cm³/mol. The van der Waals surface area contributed by atoms with Gasteiger partial charge in [-0.3, -0.25) is 9.59 Å². The average Bonchev–Trinajstić information content (AvgIpc) is 2.92. The lowest BCUT2D eigenvalue weighted by Crippen LogP contribution is -2.47. The van der Waals surface area contributed by atoms with Crippen molar-refractivity contribution < 1.29 is 9.59 Å². The van der Waals surface area contributed by atoms with Gasteiger partial charge in [0, 0.05) is 17.1 Å². The zero-order valence-corrected chi connectivity index (χ0v) is 16.6. The van der Waals surface area contributed by atoms with Crippen molar-refractivity contribution in [3.63, 3.8) is 0 Å². The zero-order valence-electron chi connectivity index (χ0n) is 15.8. The lowest BCUT2D eigenvalue weighted by molar-refractivity contribution is -0.123. The van der Waals surface area contributed by atoms with Crippen molar-refractivity contribution >= 4 is 23.4 Å². The van der Waals surface area contributed by atoms with Gasteiger partial charge in [-0.1, -0.05) is 17.7 Å². The van der Waals surface area contributed by atoms with E-state index in [-0.39, 0.29) is 23.9 Å². The smallest absolute Gasteiger partial charge is 0.257 e. The molecule has 7 heteroatoms. The van der Waals surface area contributed by atoms with E-state index >= 15 is 0 Å². The molecule has 1 heterocycles. The number of rotatable bonds is 5. The van der Waals surface area contributed by atoms with Crippen molar-refractivity contribution in [3.05, 3.63) is 46.7 Å². The third-order valence-electron chi connectivity index (χ3n) is 3.81. The van der Waals surface area contributed by atoms with Crippen LogP contribution >= 0.6 is 11.6 Å². The maximum atomic E-state index is 12.9. The van der Waals surface area contributed by atoms with Gasteiger partial charge in [-0.05, 0) is 52.8 Å². The van der Waals surface area contributed by atoms with E-state index in [1.54, 1.807) is 16.8 Å². The fourth-order valence-corrected chi connectivity index (χ4v) is 2.80. The van der Waals surface area contributed by atoms with Gasteiger partial charge in [0.25, 0.3) is 5.91 Å². The minimum atomic E-state index is -0.340. The summed E-state index contributed by atoms with van der Waals surface area (Å²) in [6.07, 6.45) is 1.53. The molecule has 0 aliphatic carbocycles. The summed E-state index contributed by atoms with van der Waals surface area (Å²) >= 11 is 6.04. The highest BCUT2D eigenvalue weighted by atomic mass is 35.5. The Bertz CT molecular complexity index is 808. The molecular formula is C19H25ClN4O2. The van der Waals surface area contributed by atoms with E-state index in [4.69, 9.17) is 11.6 Å². The van der Waals surface area contributed by atoms with Gasteiger partial charge in [0.2, 0.25) is 5.91 Å². The van der Waals surface area contributed by atoms with Crippen LogP contribution in [0.25, 0.3) is 5.69 Å². The first-order valence-corrected chi connectivity index (χ1v) is 8.91. The molecule has 2 amide bonds. The normalized spacial score (nSPS) is 11.3. The predicted octanol–water partition coefficient (Wildman–Crippen LogP) is 3.21. The summed E-state index contributed by atoms with van der Waals surface area (Å²) in [5.74, 6) is -0.407. The molecule has 0 atom stereocenters. The van der Waals surface area contributed by atoms with Gasteiger partial charge in [0.05, 0.1) is 29.7 Å². The summed E-state index contributed by atoms with van der Waals surface area (Å²) in [6.45, 7) is 9.82. The van der Waals surface area contributed by atoms with Crippen LogP contribution < -0.4 is 5.32 Å². The SMILES string of the molecule is CCN(CC(=O)NC(C)(C)C)C(=O)c1cnn(-c2cccc(Cl)c2)c1C. The fourth-order valence-electron chi connectivity index (χ4n) is 2.62. The maximum Gasteiger partial charge on any atom is 0.257 e. The molecule has 0 bridgehead atoms. The van der Waals surface area contributed by atoms with Crippen LogP contribution in [0, 0.1) is 6.92 Å². The van der Waals surface area contributed by atoms with Crippen molar-refractivity contribution in [1.82, 2.24) is 20.0 Å². The quantitative estimate of drug-likeness (QED) is 0.871. The third-order valence-corrected chi connectivity index (χ3v) is 4.05. The van der Waals surface area contributed by atoms with E-state index in [0.717, 1.165) is 5.69 Å². The Balaban J connectivity index is 2.22. The lowest BCUT2D eigenvalue weighted by atomic mass is 10.1. The first-order chi connectivity index (χ1) is 12.1. The van der Waals surface area contributed by atoms with Gasteiger partial charge in [-0.15, -0.1) is 0 Å². The monoisotopic (exact) mass is 376 g/mol. The molecule has 0 spiro atoms. The van der Waals surface area contributed by atoms with E-state index in [2.05, 4.69) is 10.4 Å². The van der Waals surface area contributed by atoms with E-state index in [1.165, 1.54) is 11.1 Å². The highest BCUT2D eigenvalue weighted by molar-refractivity contribution is 6.30. The first kappa shape index (κ1) is 20.0. The van der Waals surface area contributed by atoms with Crippen LogP contribution in [0.15, 0.2) is 30.5 Å². The van der Waals surface area contributed by atoms with Crippen molar-refractivity contribution in [2.24, 2.45) is 0 Å². The number of nitrogens with one attached hydrogen (secondary N) is 1. The first-order valence-electron chi connectivity index (χ1n) is 8.53. The molecule has 2 aromatic rings. The van der Waals surface area contributed by atoms with Crippen LogP contribution in [0.4, 0.5) is 0 Å². The van der Waals surface area contributed by atoms with Crippen LogP contribution in [0.1, 0.15) is 43.7 Å². The number of carbonyl (C=O) groups is 2. The summed E-state index contributed by atoms with van der Waals surface area (Å²) in [6, 6.07) is 7.26. The molecule has 140 valence electrons. The number of aromatic nitrogens is 2. The van der Waals surface area contributed by atoms with Gasteiger partial charge in [-0.2, -0.15) is 5.10 Å². The number of carbonyl (C=O) groups excluding carboxylic acids is 2. The van der Waals surface area contributed by atoms with Crippen molar-refractivity contribution in [2.45, 2.75) is 40.2 Å². The Labute approximate surface area is 159 Å². The Morgan fingerprint density at radius 2 is 2.00 bits per heavy atom. The van der Waals surface area contributed by atoms with Gasteiger partial charge in [-0.25, -0.2) is 4.68 Å². The minimum Gasteiger partial charge on any atom is -0.350 e. The second-order valence-corrected chi connectivity index (χ2v) is 7.59. The number of hydrogen-bond acceptors (Lipinski definition) is 3. The Kier molecular flexibility index (Phi) is 6.08. The summed E-state index contributed by atoms with van der Waals surface area (Å²) in [7, 11) is 0. The fraction of sp³-hybridized carbons (Fsp3) is 0.421. The zero-order chi connectivity index (χ0) is 19.5. The Morgan fingerprint density at radius 1 is 1.31 bits per heavy atom. The number of hydrogen-bond donors (Lipinski definition) is 1. The van der Waals surface area contributed by atoms with Crippen molar-refractivity contribution in [1.29, 1.82) is 0 Å². The number of likely N-dealkylation sites (N-methyl/N-ethyl adjacent to an activating group) is 1. The van der Waals surface area contributed by atoms with Crippen molar-refractivity contribution in [2.75, 3.05) is 13.1 Å². The molecular weight excluding hydrogens is 352 g/mol. The number of benzene rings is 1. The number of nitrogens with zero attached hydrogens (tertiary/aromatic N) is 3. The van der Waals surface area contributed by atoms with Gasteiger partial charge >= 0.3 is 0 Å². The molecule has 1 aromatic carbocycles. The average molecular weight is 377 g/mol. The van der Waals surface area contributed by atoms with E-state index < -0.39 is 0 Å².